The summed E-state index contributed by atoms with van der Waals surface area (Å²) in [7, 11) is 5.78. The molecule has 0 saturated carbocycles. The first-order valence-corrected chi connectivity index (χ1v) is 8.30. The molecule has 0 bridgehead atoms. The van der Waals surface area contributed by atoms with Crippen LogP contribution < -0.4 is 0 Å². The van der Waals surface area contributed by atoms with Gasteiger partial charge in [0.15, 0.2) is 0 Å². The molecule has 0 radical (unpaired) electrons. The van der Waals surface area contributed by atoms with E-state index in [0.29, 0.717) is 6.54 Å². The fourth-order valence-electron chi connectivity index (χ4n) is 3.07. The summed E-state index contributed by atoms with van der Waals surface area (Å²) in [5.41, 5.74) is 5.49. The summed E-state index contributed by atoms with van der Waals surface area (Å²) >= 11 is 0. The molecule has 1 heterocycles. The van der Waals surface area contributed by atoms with Crippen molar-refractivity contribution >= 4 is 5.91 Å². The van der Waals surface area contributed by atoms with Crippen LogP contribution >= 0.6 is 0 Å². The Morgan fingerprint density at radius 1 is 1.17 bits per heavy atom. The van der Waals surface area contributed by atoms with Crippen molar-refractivity contribution in [1.29, 1.82) is 0 Å². The van der Waals surface area contributed by atoms with Crippen LogP contribution in [0.2, 0.25) is 0 Å². The van der Waals surface area contributed by atoms with Crippen LogP contribution in [-0.2, 0) is 11.2 Å². The van der Waals surface area contributed by atoms with Gasteiger partial charge in [0.1, 0.15) is 6.04 Å². The topological polar surface area (TPSA) is 52.2 Å². The lowest BCUT2D eigenvalue weighted by Gasteiger charge is -2.29. The van der Waals surface area contributed by atoms with Gasteiger partial charge in [0, 0.05) is 19.3 Å². The zero-order valence-corrected chi connectivity index (χ0v) is 15.6. The van der Waals surface area contributed by atoms with Gasteiger partial charge in [-0.1, -0.05) is 24.3 Å². The van der Waals surface area contributed by atoms with E-state index in [1.165, 1.54) is 5.56 Å². The van der Waals surface area contributed by atoms with Crippen LogP contribution in [0, 0.1) is 20.8 Å². The highest BCUT2D eigenvalue weighted by Gasteiger charge is 2.27. The third-order valence-electron chi connectivity index (χ3n) is 4.59. The number of likely N-dealkylation sites (N-methyl/N-ethyl adjacent to an activating group) is 2. The number of nitrogens with zero attached hydrogens (tertiary/aromatic N) is 3. The number of hydrogen-bond donors (Lipinski definition) is 1. The number of aryl methyl sites for hydroxylation is 3. The van der Waals surface area contributed by atoms with Crippen LogP contribution in [0.5, 0.6) is 0 Å². The molecule has 5 nitrogen and oxygen atoms in total. The van der Waals surface area contributed by atoms with E-state index in [2.05, 4.69) is 23.2 Å². The van der Waals surface area contributed by atoms with Gasteiger partial charge in [-0.2, -0.15) is 5.10 Å². The zero-order valence-electron chi connectivity index (χ0n) is 15.6. The fraction of sp³-hybridized carbons (Fsp3) is 0.474. The van der Waals surface area contributed by atoms with E-state index in [-0.39, 0.29) is 11.9 Å². The third kappa shape index (κ3) is 3.85. The lowest BCUT2D eigenvalue weighted by Crippen LogP contribution is -2.39. The predicted octanol–water partition coefficient (Wildman–Crippen LogP) is 2.64. The van der Waals surface area contributed by atoms with Gasteiger partial charge in [0.25, 0.3) is 0 Å². The maximum absolute atomic E-state index is 13.0. The molecule has 0 spiro atoms. The van der Waals surface area contributed by atoms with Crippen molar-refractivity contribution in [3.05, 3.63) is 52.3 Å². The van der Waals surface area contributed by atoms with Crippen LogP contribution in [0.25, 0.3) is 0 Å². The second-order valence-electron chi connectivity index (χ2n) is 6.65. The summed E-state index contributed by atoms with van der Waals surface area (Å²) in [6.45, 7) is 6.75. The van der Waals surface area contributed by atoms with E-state index in [1.54, 1.807) is 0 Å². The number of carbonyl (C=O) groups excluding carboxylic acids is 1. The van der Waals surface area contributed by atoms with Gasteiger partial charge in [-0.05, 0) is 58.0 Å². The molecule has 130 valence electrons. The summed E-state index contributed by atoms with van der Waals surface area (Å²) in [5, 5.41) is 7.23. The first kappa shape index (κ1) is 18.2. The number of nitrogens with one attached hydrogen (secondary N) is 1. The monoisotopic (exact) mass is 328 g/mol. The number of carbonyl (C=O) groups is 1. The smallest absolute Gasteiger partial charge is 0.244 e. The first-order chi connectivity index (χ1) is 11.3. The van der Waals surface area contributed by atoms with Crippen molar-refractivity contribution in [2.45, 2.75) is 33.2 Å². The van der Waals surface area contributed by atoms with Crippen LogP contribution in [0.4, 0.5) is 0 Å². The summed E-state index contributed by atoms with van der Waals surface area (Å²) in [6, 6.07) is 7.82. The number of aromatic amines is 1. The molecule has 1 aromatic heterocycles. The Labute approximate surface area is 144 Å². The van der Waals surface area contributed by atoms with Crippen molar-refractivity contribution in [2.75, 3.05) is 27.7 Å². The van der Waals surface area contributed by atoms with Gasteiger partial charge >= 0.3 is 0 Å². The van der Waals surface area contributed by atoms with Crippen molar-refractivity contribution in [3.8, 4) is 0 Å². The highest BCUT2D eigenvalue weighted by molar-refractivity contribution is 5.83. The number of benzene rings is 1. The Kier molecular flexibility index (Phi) is 5.78. The molecular weight excluding hydrogens is 300 g/mol. The molecule has 2 rings (SSSR count). The second-order valence-corrected chi connectivity index (χ2v) is 6.65. The Morgan fingerprint density at radius 2 is 1.83 bits per heavy atom. The van der Waals surface area contributed by atoms with Crippen molar-refractivity contribution in [2.24, 2.45) is 0 Å². The number of hydrogen-bond acceptors (Lipinski definition) is 3. The minimum Gasteiger partial charge on any atom is -0.344 e. The maximum Gasteiger partial charge on any atom is 0.244 e. The highest BCUT2D eigenvalue weighted by Crippen LogP contribution is 2.24. The second kappa shape index (κ2) is 7.62. The number of H-pyrrole nitrogens is 1. The standard InChI is InChI=1S/C19H28N4O/c1-13-9-7-8-10-16(13)18(22(4)5)19(24)23(6)12-11-17-14(2)20-21-15(17)3/h7-10,18H,11-12H2,1-6H3,(H,20,21)/t18-/m1/s1. The van der Waals surface area contributed by atoms with E-state index in [9.17, 15) is 4.79 Å². The summed E-state index contributed by atoms with van der Waals surface area (Å²) in [4.78, 5) is 16.8. The van der Waals surface area contributed by atoms with E-state index in [0.717, 1.165) is 28.9 Å². The van der Waals surface area contributed by atoms with E-state index >= 15 is 0 Å². The van der Waals surface area contributed by atoms with Crippen molar-refractivity contribution in [3.63, 3.8) is 0 Å². The molecule has 0 fully saturated rings. The van der Waals surface area contributed by atoms with Gasteiger partial charge < -0.3 is 4.90 Å². The van der Waals surface area contributed by atoms with Gasteiger partial charge in [-0.25, -0.2) is 0 Å². The van der Waals surface area contributed by atoms with Crippen LogP contribution in [0.15, 0.2) is 24.3 Å². The SMILES string of the molecule is Cc1ccccc1[C@H](C(=O)N(C)CCc1c(C)n[nH]c1C)N(C)C. The minimum absolute atomic E-state index is 0.119. The van der Waals surface area contributed by atoms with E-state index in [4.69, 9.17) is 0 Å². The number of rotatable bonds is 6. The Hall–Kier alpha value is -2.14. The quantitative estimate of drug-likeness (QED) is 0.887. The average Bonchev–Trinajstić information content (AvgIpc) is 2.85. The highest BCUT2D eigenvalue weighted by atomic mass is 16.2. The van der Waals surface area contributed by atoms with Gasteiger partial charge in [0.05, 0.1) is 5.69 Å². The molecule has 2 aromatic rings. The lowest BCUT2D eigenvalue weighted by atomic mass is 9.99. The molecule has 1 N–H and O–H groups in total. The van der Waals surface area contributed by atoms with Crippen LogP contribution in [-0.4, -0.2) is 53.6 Å². The zero-order chi connectivity index (χ0) is 17.9. The molecule has 0 saturated heterocycles. The largest absolute Gasteiger partial charge is 0.344 e. The number of aromatic nitrogens is 2. The Balaban J connectivity index is 2.14. The molecule has 1 aromatic carbocycles. The van der Waals surface area contributed by atoms with E-state index < -0.39 is 0 Å². The normalized spacial score (nSPS) is 12.5. The first-order valence-electron chi connectivity index (χ1n) is 8.30. The lowest BCUT2D eigenvalue weighted by molar-refractivity contribution is -0.135. The maximum atomic E-state index is 13.0. The molecule has 0 aliphatic rings. The summed E-state index contributed by atoms with van der Waals surface area (Å²) in [6.07, 6.45) is 0.810. The van der Waals surface area contributed by atoms with Crippen molar-refractivity contribution < 1.29 is 4.79 Å². The molecule has 1 atom stereocenters. The van der Waals surface area contributed by atoms with Crippen molar-refractivity contribution in [1.82, 2.24) is 20.0 Å². The molecule has 0 unspecified atom stereocenters. The number of amides is 1. The van der Waals surface area contributed by atoms with Crippen LogP contribution in [0.3, 0.4) is 0 Å². The molecule has 0 aliphatic carbocycles. The van der Waals surface area contributed by atoms with Gasteiger partial charge in [-0.3, -0.25) is 14.8 Å². The molecule has 0 aliphatic heterocycles. The molecule has 5 heteroatoms. The van der Waals surface area contributed by atoms with Gasteiger partial charge in [0.2, 0.25) is 5.91 Å². The fourth-order valence-corrected chi connectivity index (χ4v) is 3.07. The molecule has 1 amide bonds. The predicted molar refractivity (Wildman–Crippen MR) is 97.0 cm³/mol. The van der Waals surface area contributed by atoms with Crippen LogP contribution in [0.1, 0.15) is 34.1 Å². The Morgan fingerprint density at radius 3 is 2.38 bits per heavy atom. The summed E-state index contributed by atoms with van der Waals surface area (Å²) < 4.78 is 0. The third-order valence-corrected chi connectivity index (χ3v) is 4.59. The van der Waals surface area contributed by atoms with E-state index in [1.807, 2.05) is 63.0 Å². The summed E-state index contributed by atoms with van der Waals surface area (Å²) in [5.74, 6) is 0.119. The molecular formula is C19H28N4O. The molecule has 24 heavy (non-hydrogen) atoms. The minimum atomic E-state index is -0.261. The Bertz CT molecular complexity index is 686. The average molecular weight is 328 g/mol. The van der Waals surface area contributed by atoms with Gasteiger partial charge in [-0.15, -0.1) is 0 Å².